The van der Waals surface area contributed by atoms with Gasteiger partial charge in [-0.25, -0.2) is 0 Å². The van der Waals surface area contributed by atoms with Gasteiger partial charge in [-0.1, -0.05) is 13.8 Å². The zero-order valence-electron chi connectivity index (χ0n) is 5.14. The molecular formula is C6H12O. The van der Waals surface area contributed by atoms with Gasteiger partial charge in [-0.3, -0.25) is 0 Å². The predicted molar refractivity (Wildman–Crippen MR) is 31.0 cm³/mol. The van der Waals surface area contributed by atoms with Gasteiger partial charge < -0.3 is 4.74 Å². The minimum Gasteiger partial charge on any atom is -0.505 e. The van der Waals surface area contributed by atoms with Gasteiger partial charge in [-0.2, -0.15) is 0 Å². The lowest BCUT2D eigenvalue weighted by molar-refractivity contribution is 0.335. The Labute approximate surface area is 45.0 Å². The average Bonchev–Trinajstić information content (AvgIpc) is 1.61. The highest BCUT2D eigenvalue weighted by Gasteiger charge is 1.79. The van der Waals surface area contributed by atoms with E-state index >= 15 is 0 Å². The number of ether oxygens (including phenoxy) is 1. The van der Waals surface area contributed by atoms with Crippen LogP contribution in [0.3, 0.4) is 0 Å². The van der Waals surface area contributed by atoms with E-state index in [0.29, 0.717) is 5.92 Å². The summed E-state index contributed by atoms with van der Waals surface area (Å²) in [6, 6.07) is 0. The zero-order chi connectivity index (χ0) is 5.70. The van der Waals surface area contributed by atoms with Crippen molar-refractivity contribution in [3.63, 3.8) is 0 Å². The largest absolute Gasteiger partial charge is 0.505 e. The standard InChI is InChI=1S/C6H12O/c1-6(2)4-5-7-3/h4-6H,1-3H3/b5-4-. The lowest BCUT2D eigenvalue weighted by atomic mass is 10.2. The molecule has 42 valence electrons. The normalized spacial score (nSPS) is 10.9. The lowest BCUT2D eigenvalue weighted by Crippen LogP contribution is -1.76. The second-order valence-electron chi connectivity index (χ2n) is 1.81. The van der Waals surface area contributed by atoms with Crippen molar-refractivity contribution in [3.8, 4) is 0 Å². The monoisotopic (exact) mass is 100 g/mol. The maximum atomic E-state index is 4.67. The fourth-order valence-corrected chi connectivity index (χ4v) is 0.236. The molecule has 0 heterocycles. The average molecular weight is 100 g/mol. The highest BCUT2D eigenvalue weighted by molar-refractivity contribution is 4.76. The Kier molecular flexibility index (Phi) is 3.48. The van der Waals surface area contributed by atoms with Gasteiger partial charge in [-0.15, -0.1) is 0 Å². The molecule has 0 bridgehead atoms. The van der Waals surface area contributed by atoms with Crippen molar-refractivity contribution in [3.05, 3.63) is 12.3 Å². The summed E-state index contributed by atoms with van der Waals surface area (Å²) in [7, 11) is 1.65. The minimum atomic E-state index is 0.597. The number of allylic oxidation sites excluding steroid dienone is 1. The molecule has 0 aliphatic carbocycles. The molecule has 0 fully saturated rings. The van der Waals surface area contributed by atoms with Crippen LogP contribution in [-0.2, 0) is 4.74 Å². The third-order valence-electron chi connectivity index (χ3n) is 0.600. The molecule has 0 aromatic rings. The molecule has 0 unspecified atom stereocenters. The van der Waals surface area contributed by atoms with Crippen molar-refractivity contribution in [1.82, 2.24) is 0 Å². The van der Waals surface area contributed by atoms with Gasteiger partial charge in [-0.05, 0) is 12.0 Å². The summed E-state index contributed by atoms with van der Waals surface area (Å²) in [5, 5.41) is 0. The Morgan fingerprint density at radius 1 is 1.43 bits per heavy atom. The quantitative estimate of drug-likeness (QED) is 0.481. The zero-order valence-corrected chi connectivity index (χ0v) is 5.14. The molecule has 0 aromatic carbocycles. The summed E-state index contributed by atoms with van der Waals surface area (Å²) in [5.74, 6) is 0.597. The lowest BCUT2D eigenvalue weighted by Gasteiger charge is -1.90. The van der Waals surface area contributed by atoms with E-state index in [9.17, 15) is 0 Å². The van der Waals surface area contributed by atoms with E-state index in [-0.39, 0.29) is 0 Å². The van der Waals surface area contributed by atoms with E-state index in [4.69, 9.17) is 0 Å². The highest BCUT2D eigenvalue weighted by Crippen LogP contribution is 1.91. The van der Waals surface area contributed by atoms with E-state index in [0.717, 1.165) is 0 Å². The Morgan fingerprint density at radius 3 is 2.14 bits per heavy atom. The van der Waals surface area contributed by atoms with E-state index in [1.165, 1.54) is 0 Å². The van der Waals surface area contributed by atoms with Crippen molar-refractivity contribution in [2.75, 3.05) is 7.11 Å². The first-order valence-corrected chi connectivity index (χ1v) is 2.47. The van der Waals surface area contributed by atoms with Gasteiger partial charge in [0.1, 0.15) is 0 Å². The maximum absolute atomic E-state index is 4.67. The van der Waals surface area contributed by atoms with E-state index in [2.05, 4.69) is 18.6 Å². The van der Waals surface area contributed by atoms with Crippen LogP contribution in [0.5, 0.6) is 0 Å². The van der Waals surface area contributed by atoms with Crippen LogP contribution in [0.1, 0.15) is 13.8 Å². The Bertz CT molecular complexity index is 55.2. The van der Waals surface area contributed by atoms with Gasteiger partial charge in [0.05, 0.1) is 13.4 Å². The Hall–Kier alpha value is -0.460. The molecule has 0 spiro atoms. The second kappa shape index (κ2) is 3.72. The summed E-state index contributed by atoms with van der Waals surface area (Å²) >= 11 is 0. The Balaban J connectivity index is 3.08. The summed E-state index contributed by atoms with van der Waals surface area (Å²) in [6.07, 6.45) is 3.70. The van der Waals surface area contributed by atoms with Crippen molar-refractivity contribution in [2.24, 2.45) is 5.92 Å². The minimum absolute atomic E-state index is 0.597. The third-order valence-corrected chi connectivity index (χ3v) is 0.600. The van der Waals surface area contributed by atoms with Crippen LogP contribution in [-0.4, -0.2) is 7.11 Å². The van der Waals surface area contributed by atoms with Gasteiger partial charge in [0, 0.05) is 0 Å². The van der Waals surface area contributed by atoms with Crippen molar-refractivity contribution in [2.45, 2.75) is 13.8 Å². The maximum Gasteiger partial charge on any atom is 0.0787 e. The summed E-state index contributed by atoms with van der Waals surface area (Å²) in [4.78, 5) is 0. The summed E-state index contributed by atoms with van der Waals surface area (Å²) in [5.41, 5.74) is 0. The first-order valence-electron chi connectivity index (χ1n) is 2.47. The first-order chi connectivity index (χ1) is 3.27. The number of methoxy groups -OCH3 is 1. The van der Waals surface area contributed by atoms with Gasteiger partial charge in [0.15, 0.2) is 0 Å². The smallest absolute Gasteiger partial charge is 0.0787 e. The highest BCUT2D eigenvalue weighted by atomic mass is 16.5. The molecule has 0 aromatic heterocycles. The fourth-order valence-electron chi connectivity index (χ4n) is 0.236. The van der Waals surface area contributed by atoms with Crippen LogP contribution in [0, 0.1) is 5.92 Å². The molecule has 0 amide bonds. The second-order valence-corrected chi connectivity index (χ2v) is 1.81. The first kappa shape index (κ1) is 6.54. The van der Waals surface area contributed by atoms with Crippen LogP contribution in [0.25, 0.3) is 0 Å². The molecule has 0 atom stereocenters. The van der Waals surface area contributed by atoms with Gasteiger partial charge >= 0.3 is 0 Å². The van der Waals surface area contributed by atoms with Crippen LogP contribution in [0.4, 0.5) is 0 Å². The van der Waals surface area contributed by atoms with Gasteiger partial charge in [0.25, 0.3) is 0 Å². The van der Waals surface area contributed by atoms with Gasteiger partial charge in [0.2, 0.25) is 0 Å². The molecule has 0 rings (SSSR count). The van der Waals surface area contributed by atoms with E-state index in [1.54, 1.807) is 13.4 Å². The molecule has 1 heteroatoms. The van der Waals surface area contributed by atoms with Crippen molar-refractivity contribution >= 4 is 0 Å². The molecule has 7 heavy (non-hydrogen) atoms. The number of hydrogen-bond acceptors (Lipinski definition) is 1. The molecule has 0 radical (unpaired) electrons. The van der Waals surface area contributed by atoms with E-state index < -0.39 is 0 Å². The molecule has 0 N–H and O–H groups in total. The number of rotatable bonds is 2. The SMILES string of the molecule is CO/C=C\C(C)C. The molecule has 0 aliphatic heterocycles. The fraction of sp³-hybridized carbons (Fsp3) is 0.667. The predicted octanol–water partition coefficient (Wildman–Crippen LogP) is 1.80. The van der Waals surface area contributed by atoms with Crippen molar-refractivity contribution in [1.29, 1.82) is 0 Å². The van der Waals surface area contributed by atoms with Crippen LogP contribution >= 0.6 is 0 Å². The molecule has 0 aliphatic rings. The summed E-state index contributed by atoms with van der Waals surface area (Å²) < 4.78 is 4.67. The van der Waals surface area contributed by atoms with E-state index in [1.807, 2.05) is 6.08 Å². The molecule has 1 nitrogen and oxygen atoms in total. The van der Waals surface area contributed by atoms with Crippen LogP contribution in [0.15, 0.2) is 12.3 Å². The Morgan fingerprint density at radius 2 is 2.00 bits per heavy atom. The van der Waals surface area contributed by atoms with Crippen molar-refractivity contribution < 1.29 is 4.74 Å². The summed E-state index contributed by atoms with van der Waals surface area (Å²) in [6.45, 7) is 4.21. The number of hydrogen-bond donors (Lipinski definition) is 0. The molecule has 0 saturated heterocycles. The van der Waals surface area contributed by atoms with Crippen LogP contribution in [0.2, 0.25) is 0 Å². The van der Waals surface area contributed by atoms with Crippen LogP contribution < -0.4 is 0 Å². The molecule has 0 saturated carbocycles. The third kappa shape index (κ3) is 5.54. The topological polar surface area (TPSA) is 9.23 Å². The molecular weight excluding hydrogens is 88.1 g/mol.